The van der Waals surface area contributed by atoms with Gasteiger partial charge in [-0.1, -0.05) is 17.7 Å². The Bertz CT molecular complexity index is 717. The van der Waals surface area contributed by atoms with Crippen molar-refractivity contribution in [1.82, 2.24) is 15.5 Å². The highest BCUT2D eigenvalue weighted by molar-refractivity contribution is 7.99. The van der Waals surface area contributed by atoms with Gasteiger partial charge in [0.05, 0.1) is 7.11 Å². The van der Waals surface area contributed by atoms with Crippen LogP contribution in [0.5, 0.6) is 5.75 Å². The summed E-state index contributed by atoms with van der Waals surface area (Å²) in [6.45, 7) is 2.42. The molecular formula is C21H31ClN4O2S. The van der Waals surface area contributed by atoms with Crippen LogP contribution in [0.1, 0.15) is 31.2 Å². The van der Waals surface area contributed by atoms with Crippen molar-refractivity contribution >= 4 is 35.2 Å². The second kappa shape index (κ2) is 11.0. The summed E-state index contributed by atoms with van der Waals surface area (Å²) < 4.78 is 5.40. The quantitative estimate of drug-likeness (QED) is 0.546. The van der Waals surface area contributed by atoms with E-state index in [2.05, 4.69) is 20.5 Å². The third kappa shape index (κ3) is 6.19. The van der Waals surface area contributed by atoms with Crippen molar-refractivity contribution in [3.05, 3.63) is 28.8 Å². The van der Waals surface area contributed by atoms with Crippen LogP contribution in [0.15, 0.2) is 23.2 Å². The van der Waals surface area contributed by atoms with E-state index in [0.29, 0.717) is 23.5 Å². The van der Waals surface area contributed by atoms with Gasteiger partial charge in [0.25, 0.3) is 0 Å². The minimum Gasteiger partial charge on any atom is -0.496 e. The van der Waals surface area contributed by atoms with Crippen LogP contribution in [0.3, 0.4) is 0 Å². The molecule has 2 N–H and O–H groups in total. The highest BCUT2D eigenvalue weighted by atomic mass is 35.5. The van der Waals surface area contributed by atoms with Crippen molar-refractivity contribution in [2.75, 3.05) is 38.8 Å². The number of nitrogens with one attached hydrogen (secondary N) is 2. The molecule has 1 aromatic carbocycles. The van der Waals surface area contributed by atoms with Crippen molar-refractivity contribution in [1.29, 1.82) is 0 Å². The van der Waals surface area contributed by atoms with E-state index in [1.54, 1.807) is 14.2 Å². The Labute approximate surface area is 182 Å². The minimum absolute atomic E-state index is 0.185. The number of ether oxygens (including phenoxy) is 1. The summed E-state index contributed by atoms with van der Waals surface area (Å²) in [6.07, 6.45) is 3.87. The summed E-state index contributed by atoms with van der Waals surface area (Å²) >= 11 is 7.97. The second-order valence-corrected chi connectivity index (χ2v) is 9.17. The molecule has 2 fully saturated rings. The molecule has 1 aliphatic heterocycles. The lowest BCUT2D eigenvalue weighted by molar-refractivity contribution is -0.136. The molecule has 8 heteroatoms. The van der Waals surface area contributed by atoms with E-state index in [0.717, 1.165) is 67.6 Å². The standard InChI is InChI=1S/C21H31ClN4O2S/c1-23-21(24-14-16-3-6-17(22)13-19(16)28-2)25-18-7-4-15(5-8-18)20(27)26-9-11-29-12-10-26/h3,6,13,15,18H,4-5,7-12,14H2,1-2H3,(H2,23,24,25). The summed E-state index contributed by atoms with van der Waals surface area (Å²) in [5.74, 6) is 4.22. The molecule has 0 radical (unpaired) electrons. The maximum Gasteiger partial charge on any atom is 0.225 e. The fraction of sp³-hybridized carbons (Fsp3) is 0.619. The van der Waals surface area contributed by atoms with Gasteiger partial charge in [-0.05, 0) is 37.8 Å². The molecule has 1 heterocycles. The molecule has 1 aromatic rings. The molecule has 2 aliphatic rings. The number of guanidine groups is 1. The highest BCUT2D eigenvalue weighted by Crippen LogP contribution is 2.27. The van der Waals surface area contributed by atoms with Crippen molar-refractivity contribution < 1.29 is 9.53 Å². The van der Waals surface area contributed by atoms with E-state index in [9.17, 15) is 4.79 Å². The molecule has 0 atom stereocenters. The van der Waals surface area contributed by atoms with E-state index < -0.39 is 0 Å². The molecule has 6 nitrogen and oxygen atoms in total. The fourth-order valence-electron chi connectivity index (χ4n) is 3.96. The second-order valence-electron chi connectivity index (χ2n) is 7.51. The van der Waals surface area contributed by atoms with Gasteiger partial charge in [0.1, 0.15) is 5.75 Å². The minimum atomic E-state index is 0.185. The normalized spacial score (nSPS) is 22.9. The van der Waals surface area contributed by atoms with Crippen LogP contribution in [-0.2, 0) is 11.3 Å². The molecule has 3 rings (SSSR count). The lowest BCUT2D eigenvalue weighted by atomic mass is 9.85. The summed E-state index contributed by atoms with van der Waals surface area (Å²) in [6, 6.07) is 5.97. The summed E-state index contributed by atoms with van der Waals surface area (Å²) in [5.41, 5.74) is 1.02. The van der Waals surface area contributed by atoms with E-state index in [1.807, 2.05) is 30.0 Å². The Balaban J connectivity index is 1.45. The lowest BCUT2D eigenvalue weighted by Crippen LogP contribution is -2.47. The monoisotopic (exact) mass is 438 g/mol. The summed E-state index contributed by atoms with van der Waals surface area (Å²) in [7, 11) is 3.42. The molecule has 0 unspecified atom stereocenters. The molecule has 0 bridgehead atoms. The zero-order valence-electron chi connectivity index (χ0n) is 17.2. The topological polar surface area (TPSA) is 66.0 Å². The van der Waals surface area contributed by atoms with Crippen LogP contribution in [0.25, 0.3) is 0 Å². The Morgan fingerprint density at radius 2 is 2.00 bits per heavy atom. The first-order valence-corrected chi connectivity index (χ1v) is 11.8. The number of carbonyl (C=O) groups is 1. The number of thioether (sulfide) groups is 1. The number of nitrogens with zero attached hydrogens (tertiary/aromatic N) is 2. The van der Waals surface area contributed by atoms with Crippen LogP contribution in [0.2, 0.25) is 5.02 Å². The van der Waals surface area contributed by atoms with E-state index in [4.69, 9.17) is 16.3 Å². The first-order chi connectivity index (χ1) is 14.1. The number of hydrogen-bond donors (Lipinski definition) is 2. The van der Waals surface area contributed by atoms with Gasteiger partial charge in [0.2, 0.25) is 5.91 Å². The maximum atomic E-state index is 12.7. The van der Waals surface area contributed by atoms with Crippen molar-refractivity contribution in [2.24, 2.45) is 10.9 Å². The van der Waals surface area contributed by atoms with Crippen molar-refractivity contribution in [3.8, 4) is 5.75 Å². The Kier molecular flexibility index (Phi) is 8.36. The van der Waals surface area contributed by atoms with Crippen LogP contribution in [0, 0.1) is 5.92 Å². The molecule has 1 saturated carbocycles. The van der Waals surface area contributed by atoms with E-state index >= 15 is 0 Å². The largest absolute Gasteiger partial charge is 0.496 e. The van der Waals surface area contributed by atoms with Gasteiger partial charge in [-0.3, -0.25) is 9.79 Å². The summed E-state index contributed by atoms with van der Waals surface area (Å²) in [4.78, 5) is 19.1. The third-order valence-electron chi connectivity index (χ3n) is 5.66. The number of halogens is 1. The number of methoxy groups -OCH3 is 1. The molecule has 29 heavy (non-hydrogen) atoms. The van der Waals surface area contributed by atoms with Gasteiger partial charge in [-0.15, -0.1) is 0 Å². The molecular weight excluding hydrogens is 408 g/mol. The number of hydrogen-bond acceptors (Lipinski definition) is 4. The van der Waals surface area contributed by atoms with Gasteiger partial charge in [0, 0.05) is 60.7 Å². The smallest absolute Gasteiger partial charge is 0.225 e. The number of aliphatic imine (C=N–C) groups is 1. The number of benzene rings is 1. The molecule has 0 aromatic heterocycles. The fourth-order valence-corrected chi connectivity index (χ4v) is 5.02. The lowest BCUT2D eigenvalue weighted by Gasteiger charge is -2.34. The number of rotatable bonds is 5. The maximum absolute atomic E-state index is 12.7. The highest BCUT2D eigenvalue weighted by Gasteiger charge is 2.30. The average molecular weight is 439 g/mol. The Morgan fingerprint density at radius 3 is 2.66 bits per heavy atom. The van der Waals surface area contributed by atoms with Gasteiger partial charge in [-0.2, -0.15) is 11.8 Å². The van der Waals surface area contributed by atoms with Crippen LogP contribution < -0.4 is 15.4 Å². The van der Waals surface area contributed by atoms with E-state index in [1.165, 1.54) is 0 Å². The first kappa shape index (κ1) is 22.1. The average Bonchev–Trinajstić information content (AvgIpc) is 2.77. The molecule has 160 valence electrons. The Morgan fingerprint density at radius 1 is 1.28 bits per heavy atom. The van der Waals surface area contributed by atoms with Gasteiger partial charge in [0.15, 0.2) is 5.96 Å². The number of amides is 1. The molecule has 1 aliphatic carbocycles. The Hall–Kier alpha value is -1.60. The number of carbonyl (C=O) groups excluding carboxylic acids is 1. The molecule has 0 spiro atoms. The van der Waals surface area contributed by atoms with Gasteiger partial charge >= 0.3 is 0 Å². The zero-order chi connectivity index (χ0) is 20.6. The SMILES string of the molecule is CN=C(NCc1ccc(Cl)cc1OC)NC1CCC(C(=O)N2CCSCC2)CC1. The predicted molar refractivity (Wildman–Crippen MR) is 121 cm³/mol. The predicted octanol–water partition coefficient (Wildman–Crippen LogP) is 3.15. The van der Waals surface area contributed by atoms with Crippen molar-refractivity contribution in [3.63, 3.8) is 0 Å². The van der Waals surface area contributed by atoms with Crippen LogP contribution >= 0.6 is 23.4 Å². The van der Waals surface area contributed by atoms with Crippen LogP contribution in [0.4, 0.5) is 0 Å². The zero-order valence-corrected chi connectivity index (χ0v) is 18.8. The summed E-state index contributed by atoms with van der Waals surface area (Å²) in [5, 5.41) is 7.51. The molecule has 1 amide bonds. The first-order valence-electron chi connectivity index (χ1n) is 10.3. The van der Waals surface area contributed by atoms with Gasteiger partial charge in [-0.25, -0.2) is 0 Å². The third-order valence-corrected chi connectivity index (χ3v) is 6.84. The van der Waals surface area contributed by atoms with Gasteiger partial charge < -0.3 is 20.3 Å². The molecule has 1 saturated heterocycles. The van der Waals surface area contributed by atoms with E-state index in [-0.39, 0.29) is 5.92 Å². The van der Waals surface area contributed by atoms with Crippen LogP contribution in [-0.4, -0.2) is 61.6 Å². The van der Waals surface area contributed by atoms with Crippen molar-refractivity contribution in [2.45, 2.75) is 38.3 Å².